The molecule has 0 bridgehead atoms. The van der Waals surface area contributed by atoms with E-state index < -0.39 is 0 Å². The van der Waals surface area contributed by atoms with E-state index >= 15 is 0 Å². The number of hydrogen-bond donors (Lipinski definition) is 1. The average molecular weight is 313 g/mol. The zero-order valence-electron chi connectivity index (χ0n) is 13.8. The minimum atomic E-state index is -0.377. The van der Waals surface area contributed by atoms with Crippen molar-refractivity contribution in [2.24, 2.45) is 5.73 Å². The highest BCUT2D eigenvalue weighted by Gasteiger charge is 2.47. The summed E-state index contributed by atoms with van der Waals surface area (Å²) in [5.41, 5.74) is 8.12. The fourth-order valence-electron chi connectivity index (χ4n) is 3.68. The highest BCUT2D eigenvalue weighted by molar-refractivity contribution is 5.43. The normalized spacial score (nSPS) is 21.3. The van der Waals surface area contributed by atoms with Gasteiger partial charge in [0.05, 0.1) is 18.1 Å². The van der Waals surface area contributed by atoms with Gasteiger partial charge in [0.15, 0.2) is 5.82 Å². The van der Waals surface area contributed by atoms with Gasteiger partial charge in [0.25, 0.3) is 0 Å². The summed E-state index contributed by atoms with van der Waals surface area (Å²) >= 11 is 0. The Bertz CT molecular complexity index is 730. The third kappa shape index (κ3) is 2.10. The van der Waals surface area contributed by atoms with Gasteiger partial charge >= 0.3 is 0 Å². The van der Waals surface area contributed by atoms with Crippen LogP contribution >= 0.6 is 0 Å². The summed E-state index contributed by atoms with van der Waals surface area (Å²) in [6.07, 6.45) is 6.24. The van der Waals surface area contributed by atoms with Crippen molar-refractivity contribution in [3.8, 4) is 5.75 Å². The maximum Gasteiger partial charge on any atom is 0.237 e. The van der Waals surface area contributed by atoms with Crippen molar-refractivity contribution in [1.82, 2.24) is 10.1 Å². The van der Waals surface area contributed by atoms with E-state index in [-0.39, 0.29) is 11.0 Å². The van der Waals surface area contributed by atoms with Gasteiger partial charge in [-0.3, -0.25) is 0 Å². The van der Waals surface area contributed by atoms with Gasteiger partial charge in [-0.05, 0) is 56.2 Å². The minimum absolute atomic E-state index is 0.174. The zero-order chi connectivity index (χ0) is 16.1. The summed E-state index contributed by atoms with van der Waals surface area (Å²) in [4.78, 5) is 4.71. The van der Waals surface area contributed by atoms with Crippen molar-refractivity contribution in [3.05, 3.63) is 41.0 Å². The molecule has 0 spiro atoms. The van der Waals surface area contributed by atoms with Gasteiger partial charge in [0.1, 0.15) is 5.75 Å². The fraction of sp³-hybridized carbons (Fsp3) is 0.556. The predicted octanol–water partition coefficient (Wildman–Crippen LogP) is 3.19. The van der Waals surface area contributed by atoms with E-state index in [1.54, 1.807) is 7.11 Å². The third-order valence-electron chi connectivity index (χ3n) is 5.69. The number of aromatic nitrogens is 2. The Morgan fingerprint density at radius 1 is 1.17 bits per heavy atom. The van der Waals surface area contributed by atoms with Crippen LogP contribution in [0.4, 0.5) is 0 Å². The second-order valence-electron chi connectivity index (χ2n) is 7.05. The summed E-state index contributed by atoms with van der Waals surface area (Å²) in [6, 6.07) is 6.37. The Labute approximate surface area is 136 Å². The lowest BCUT2D eigenvalue weighted by atomic mass is 9.64. The van der Waals surface area contributed by atoms with Gasteiger partial charge in [-0.25, -0.2) is 0 Å². The molecule has 4 rings (SSSR count). The van der Waals surface area contributed by atoms with Crippen LogP contribution in [-0.2, 0) is 11.0 Å². The Balaban J connectivity index is 1.73. The van der Waals surface area contributed by atoms with E-state index in [0.29, 0.717) is 11.7 Å². The van der Waals surface area contributed by atoms with Crippen LogP contribution in [0.15, 0.2) is 22.7 Å². The summed E-state index contributed by atoms with van der Waals surface area (Å²) in [7, 11) is 1.71. The van der Waals surface area contributed by atoms with Crippen LogP contribution in [-0.4, -0.2) is 17.3 Å². The lowest BCUT2D eigenvalue weighted by Gasteiger charge is -2.39. The van der Waals surface area contributed by atoms with Gasteiger partial charge in [-0.1, -0.05) is 23.7 Å². The highest BCUT2D eigenvalue weighted by atomic mass is 16.5. The van der Waals surface area contributed by atoms with E-state index in [0.717, 1.165) is 43.4 Å². The van der Waals surface area contributed by atoms with Gasteiger partial charge in [-0.2, -0.15) is 4.98 Å². The molecule has 2 aliphatic rings. The molecule has 0 amide bonds. The molecule has 122 valence electrons. The topological polar surface area (TPSA) is 74.2 Å². The average Bonchev–Trinajstić information content (AvgIpc) is 2.95. The maximum absolute atomic E-state index is 6.34. The summed E-state index contributed by atoms with van der Waals surface area (Å²) in [5.74, 6) is 2.29. The van der Waals surface area contributed by atoms with E-state index in [4.69, 9.17) is 20.0 Å². The van der Waals surface area contributed by atoms with E-state index in [9.17, 15) is 0 Å². The lowest BCUT2D eigenvalue weighted by Crippen LogP contribution is -2.44. The molecular weight excluding hydrogens is 290 g/mol. The molecule has 2 N–H and O–H groups in total. The number of ether oxygens (including phenoxy) is 1. The molecule has 0 unspecified atom stereocenters. The maximum atomic E-state index is 6.34. The molecule has 2 fully saturated rings. The van der Waals surface area contributed by atoms with Gasteiger partial charge in [-0.15, -0.1) is 0 Å². The molecule has 1 aromatic heterocycles. The first kappa shape index (κ1) is 14.7. The molecule has 0 saturated heterocycles. The summed E-state index contributed by atoms with van der Waals surface area (Å²) < 4.78 is 11.2. The second-order valence-corrected chi connectivity index (χ2v) is 7.05. The first-order valence-electron chi connectivity index (χ1n) is 8.36. The second kappa shape index (κ2) is 5.06. The van der Waals surface area contributed by atoms with E-state index in [1.165, 1.54) is 12.0 Å². The molecule has 2 aromatic rings. The van der Waals surface area contributed by atoms with Crippen LogP contribution in [0.1, 0.15) is 61.4 Å². The molecule has 23 heavy (non-hydrogen) atoms. The number of hydrogen-bond acceptors (Lipinski definition) is 5. The van der Waals surface area contributed by atoms with Gasteiger partial charge in [0.2, 0.25) is 5.89 Å². The van der Waals surface area contributed by atoms with Crippen molar-refractivity contribution in [2.75, 3.05) is 7.11 Å². The van der Waals surface area contributed by atoms with Crippen molar-refractivity contribution >= 4 is 0 Å². The largest absolute Gasteiger partial charge is 0.496 e. The van der Waals surface area contributed by atoms with Crippen molar-refractivity contribution in [2.45, 2.75) is 56.4 Å². The van der Waals surface area contributed by atoms with Gasteiger partial charge in [0, 0.05) is 0 Å². The number of methoxy groups -OCH3 is 1. The third-order valence-corrected chi connectivity index (χ3v) is 5.69. The van der Waals surface area contributed by atoms with E-state index in [1.807, 2.05) is 0 Å². The number of benzene rings is 1. The molecule has 0 radical (unpaired) electrons. The summed E-state index contributed by atoms with van der Waals surface area (Å²) in [5, 5.41) is 4.20. The number of nitrogens with two attached hydrogens (primary N) is 1. The highest BCUT2D eigenvalue weighted by Crippen LogP contribution is 2.50. The molecule has 0 atom stereocenters. The molecule has 2 saturated carbocycles. The van der Waals surface area contributed by atoms with Crippen molar-refractivity contribution in [3.63, 3.8) is 0 Å². The molecule has 5 heteroatoms. The standard InChI is InChI=1S/C18H23N3O2/c1-12-5-6-13(11-14(12)22-2)17(7-3-8-17)16-20-15(21-23-16)18(19)9-4-10-18/h5-6,11H,3-4,7-10,19H2,1-2H3. The Kier molecular flexibility index (Phi) is 3.23. The van der Waals surface area contributed by atoms with Crippen LogP contribution < -0.4 is 10.5 Å². The number of aryl methyl sites for hydroxylation is 1. The smallest absolute Gasteiger partial charge is 0.237 e. The number of nitrogens with zero attached hydrogens (tertiary/aromatic N) is 2. The molecule has 1 heterocycles. The molecule has 0 aliphatic heterocycles. The van der Waals surface area contributed by atoms with E-state index in [2.05, 4.69) is 30.3 Å². The Hall–Kier alpha value is -1.88. The SMILES string of the molecule is COc1cc(C2(c3nc(C4(N)CCC4)no3)CCC2)ccc1C. The van der Waals surface area contributed by atoms with Crippen LogP contribution in [0.25, 0.3) is 0 Å². The first-order chi connectivity index (χ1) is 11.1. The zero-order valence-corrected chi connectivity index (χ0v) is 13.8. The lowest BCUT2D eigenvalue weighted by molar-refractivity contribution is 0.209. The molecule has 1 aromatic carbocycles. The summed E-state index contributed by atoms with van der Waals surface area (Å²) in [6.45, 7) is 2.05. The molecule has 2 aliphatic carbocycles. The molecule has 5 nitrogen and oxygen atoms in total. The monoisotopic (exact) mass is 313 g/mol. The van der Waals surface area contributed by atoms with Crippen molar-refractivity contribution < 1.29 is 9.26 Å². The van der Waals surface area contributed by atoms with Crippen LogP contribution in [0.5, 0.6) is 5.75 Å². The number of rotatable bonds is 4. The molecular formula is C18H23N3O2. The van der Waals surface area contributed by atoms with Gasteiger partial charge < -0.3 is 15.0 Å². The van der Waals surface area contributed by atoms with Crippen LogP contribution in [0.3, 0.4) is 0 Å². The Morgan fingerprint density at radius 2 is 1.91 bits per heavy atom. The Morgan fingerprint density at radius 3 is 2.48 bits per heavy atom. The minimum Gasteiger partial charge on any atom is -0.496 e. The quantitative estimate of drug-likeness (QED) is 0.938. The fourth-order valence-corrected chi connectivity index (χ4v) is 3.68. The van der Waals surface area contributed by atoms with Crippen LogP contribution in [0, 0.1) is 6.92 Å². The van der Waals surface area contributed by atoms with Crippen LogP contribution in [0.2, 0.25) is 0 Å². The first-order valence-corrected chi connectivity index (χ1v) is 8.36. The van der Waals surface area contributed by atoms with Crippen molar-refractivity contribution in [1.29, 1.82) is 0 Å². The predicted molar refractivity (Wildman–Crippen MR) is 86.4 cm³/mol.